The van der Waals surface area contributed by atoms with Gasteiger partial charge in [0.2, 0.25) is 5.91 Å². The van der Waals surface area contributed by atoms with Crippen molar-refractivity contribution in [3.63, 3.8) is 0 Å². The minimum Gasteiger partial charge on any atom is -0.490 e. The van der Waals surface area contributed by atoms with E-state index in [-0.39, 0.29) is 23.9 Å². The molecular formula is C24H28FN3O2. The number of halogens is 1. The Hall–Kier alpha value is -2.47. The summed E-state index contributed by atoms with van der Waals surface area (Å²) in [5.41, 5.74) is 1.68. The molecule has 1 aromatic heterocycles. The van der Waals surface area contributed by atoms with Crippen LogP contribution in [0, 0.1) is 11.7 Å². The number of benzene rings is 1. The summed E-state index contributed by atoms with van der Waals surface area (Å²) in [4.78, 5) is 18.9. The molecule has 2 aromatic rings. The van der Waals surface area contributed by atoms with Gasteiger partial charge in [0, 0.05) is 25.4 Å². The van der Waals surface area contributed by atoms with Crippen LogP contribution in [-0.4, -0.2) is 41.0 Å². The Labute approximate surface area is 176 Å². The predicted molar refractivity (Wildman–Crippen MR) is 113 cm³/mol. The Bertz CT molecular complexity index is 977. The monoisotopic (exact) mass is 409 g/mol. The average molecular weight is 410 g/mol. The lowest BCUT2D eigenvalue weighted by Gasteiger charge is -2.23. The molecular weight excluding hydrogens is 381 g/mol. The summed E-state index contributed by atoms with van der Waals surface area (Å²) in [5.74, 6) is 1.20. The van der Waals surface area contributed by atoms with E-state index in [2.05, 4.69) is 17.2 Å². The van der Waals surface area contributed by atoms with Crippen molar-refractivity contribution in [2.75, 3.05) is 13.6 Å². The van der Waals surface area contributed by atoms with Gasteiger partial charge >= 0.3 is 0 Å². The predicted octanol–water partition coefficient (Wildman–Crippen LogP) is 4.09. The van der Waals surface area contributed by atoms with Crippen molar-refractivity contribution in [3.05, 3.63) is 48.0 Å². The minimum absolute atomic E-state index is 0.00205. The Balaban J connectivity index is 1.38. The number of likely N-dealkylation sites (N-methyl/N-ethyl adjacent to an activating group) is 1. The number of rotatable bonds is 5. The highest BCUT2D eigenvalue weighted by atomic mass is 19.1. The molecule has 1 spiro atoms. The lowest BCUT2D eigenvalue weighted by Crippen LogP contribution is -2.47. The van der Waals surface area contributed by atoms with Gasteiger partial charge in [-0.25, -0.2) is 4.39 Å². The first-order valence-corrected chi connectivity index (χ1v) is 10.9. The molecule has 30 heavy (non-hydrogen) atoms. The third-order valence-corrected chi connectivity index (χ3v) is 6.94. The Morgan fingerprint density at radius 2 is 2.07 bits per heavy atom. The zero-order valence-corrected chi connectivity index (χ0v) is 17.5. The van der Waals surface area contributed by atoms with Crippen molar-refractivity contribution in [3.8, 4) is 16.9 Å². The zero-order valence-electron chi connectivity index (χ0n) is 17.5. The van der Waals surface area contributed by atoms with Crippen molar-refractivity contribution < 1.29 is 13.9 Å². The second-order valence-corrected chi connectivity index (χ2v) is 9.07. The number of nitrogens with one attached hydrogen (secondary N) is 1. The van der Waals surface area contributed by atoms with E-state index < -0.39 is 5.54 Å². The number of aromatic nitrogens is 1. The molecule has 1 aliphatic carbocycles. The van der Waals surface area contributed by atoms with Crippen LogP contribution in [0.5, 0.6) is 5.75 Å². The fraction of sp³-hybridized carbons (Fsp3) is 0.500. The van der Waals surface area contributed by atoms with Gasteiger partial charge < -0.3 is 9.64 Å². The average Bonchev–Trinajstić information content (AvgIpc) is 3.47. The summed E-state index contributed by atoms with van der Waals surface area (Å²) < 4.78 is 20.7. The van der Waals surface area contributed by atoms with Gasteiger partial charge in [0.05, 0.1) is 17.8 Å². The van der Waals surface area contributed by atoms with Gasteiger partial charge in [-0.05, 0) is 80.8 Å². The molecule has 2 aliphatic heterocycles. The van der Waals surface area contributed by atoms with Gasteiger partial charge in [0.1, 0.15) is 17.1 Å². The maximum atomic E-state index is 14.7. The third kappa shape index (κ3) is 3.47. The number of nitrogens with zero attached hydrogens (tertiary/aromatic N) is 2. The molecule has 1 unspecified atom stereocenters. The number of hydrogen-bond acceptors (Lipinski definition) is 4. The molecule has 3 fully saturated rings. The normalized spacial score (nSPS) is 27.1. The molecule has 1 N–H and O–H groups in total. The zero-order chi connectivity index (χ0) is 20.9. The Morgan fingerprint density at radius 1 is 1.23 bits per heavy atom. The Kier molecular flexibility index (Phi) is 4.77. The molecule has 5 rings (SSSR count). The molecule has 1 saturated carbocycles. The maximum Gasteiger partial charge on any atom is 0.242 e. The third-order valence-electron chi connectivity index (χ3n) is 6.94. The van der Waals surface area contributed by atoms with Gasteiger partial charge in [-0.1, -0.05) is 0 Å². The molecule has 3 heterocycles. The lowest BCUT2D eigenvalue weighted by molar-refractivity contribution is -0.131. The minimum atomic E-state index is -0.463. The first-order chi connectivity index (χ1) is 14.4. The summed E-state index contributed by atoms with van der Waals surface area (Å²) in [6.07, 6.45) is 6.77. The molecule has 1 amide bonds. The van der Waals surface area contributed by atoms with Crippen LogP contribution in [0.3, 0.4) is 0 Å². The topological polar surface area (TPSA) is 54.5 Å². The largest absolute Gasteiger partial charge is 0.490 e. The van der Waals surface area contributed by atoms with E-state index in [4.69, 9.17) is 4.74 Å². The first-order valence-electron chi connectivity index (χ1n) is 10.9. The van der Waals surface area contributed by atoms with Crippen molar-refractivity contribution in [2.24, 2.45) is 5.92 Å². The summed E-state index contributed by atoms with van der Waals surface area (Å²) in [6.45, 7) is 2.86. The van der Waals surface area contributed by atoms with Crippen LogP contribution in [0.25, 0.3) is 11.1 Å². The van der Waals surface area contributed by atoms with Gasteiger partial charge in [-0.2, -0.15) is 0 Å². The highest BCUT2D eigenvalue weighted by Crippen LogP contribution is 2.40. The van der Waals surface area contributed by atoms with E-state index in [0.717, 1.165) is 37.1 Å². The smallest absolute Gasteiger partial charge is 0.242 e. The van der Waals surface area contributed by atoms with Crippen molar-refractivity contribution in [1.82, 2.24) is 15.2 Å². The molecule has 0 bridgehead atoms. The van der Waals surface area contributed by atoms with Crippen LogP contribution in [0.4, 0.5) is 4.39 Å². The number of amides is 1. The molecule has 158 valence electrons. The second kappa shape index (κ2) is 7.34. The molecule has 3 aliphatic rings. The van der Waals surface area contributed by atoms with Crippen molar-refractivity contribution in [2.45, 2.75) is 56.7 Å². The summed E-state index contributed by atoms with van der Waals surface area (Å²) in [5, 5.41) is 3.54. The summed E-state index contributed by atoms with van der Waals surface area (Å²) >= 11 is 0. The fourth-order valence-corrected chi connectivity index (χ4v) is 4.87. The second-order valence-electron chi connectivity index (χ2n) is 9.07. The molecule has 6 heteroatoms. The number of carbonyl (C=O) groups is 1. The Morgan fingerprint density at radius 3 is 2.80 bits per heavy atom. The molecule has 3 atom stereocenters. The maximum absolute atomic E-state index is 14.7. The van der Waals surface area contributed by atoms with E-state index in [1.54, 1.807) is 23.2 Å². The van der Waals surface area contributed by atoms with Crippen molar-refractivity contribution in [1.29, 1.82) is 0 Å². The number of carbonyl (C=O) groups excluding carboxylic acids is 1. The highest BCUT2D eigenvalue weighted by Gasteiger charge is 2.50. The quantitative estimate of drug-likeness (QED) is 0.808. The standard InChI is InChI=1S/C24H28FN3O2/c1-15(16-3-4-16)30-18-5-6-20(25)19(14-18)17-8-11-26-22(13-17)21-7-9-24(27-21)10-12-28(2)23(24)29/h5-6,8,11,13-16,21,27H,3-4,7,9-10,12H2,1-2H3/t15?,21-,24+/m1/s1. The van der Waals surface area contributed by atoms with Gasteiger partial charge in [-0.3, -0.25) is 15.1 Å². The fourth-order valence-electron chi connectivity index (χ4n) is 4.87. The van der Waals surface area contributed by atoms with Crippen LogP contribution in [-0.2, 0) is 4.79 Å². The molecule has 0 radical (unpaired) electrons. The van der Waals surface area contributed by atoms with E-state index >= 15 is 0 Å². The summed E-state index contributed by atoms with van der Waals surface area (Å²) in [7, 11) is 1.85. The molecule has 5 nitrogen and oxygen atoms in total. The van der Waals surface area contributed by atoms with Crippen LogP contribution in [0.15, 0.2) is 36.5 Å². The van der Waals surface area contributed by atoms with Crippen LogP contribution < -0.4 is 10.1 Å². The number of hydrogen-bond donors (Lipinski definition) is 1. The van der Waals surface area contributed by atoms with E-state index in [1.807, 2.05) is 19.2 Å². The van der Waals surface area contributed by atoms with Gasteiger partial charge in [0.25, 0.3) is 0 Å². The van der Waals surface area contributed by atoms with E-state index in [1.165, 1.54) is 18.9 Å². The number of pyridine rings is 1. The van der Waals surface area contributed by atoms with Crippen molar-refractivity contribution >= 4 is 5.91 Å². The van der Waals surface area contributed by atoms with Crippen LogP contribution in [0.1, 0.15) is 50.8 Å². The molecule has 2 saturated heterocycles. The SMILES string of the molecule is CC(Oc1ccc(F)c(-c2ccnc([C@H]3CC[C@@]4(CCN(C)C4=O)N3)c2)c1)C1CC1. The number of ether oxygens (including phenoxy) is 1. The number of likely N-dealkylation sites (tertiary alicyclic amines) is 1. The lowest BCUT2D eigenvalue weighted by atomic mass is 9.96. The summed E-state index contributed by atoms with van der Waals surface area (Å²) in [6, 6.07) is 8.72. The van der Waals surface area contributed by atoms with E-state index in [9.17, 15) is 9.18 Å². The van der Waals surface area contributed by atoms with Gasteiger partial charge in [0.15, 0.2) is 0 Å². The first kappa shape index (κ1) is 19.5. The highest BCUT2D eigenvalue weighted by molar-refractivity contribution is 5.88. The van der Waals surface area contributed by atoms with Gasteiger partial charge in [-0.15, -0.1) is 0 Å². The molecule has 1 aromatic carbocycles. The van der Waals surface area contributed by atoms with E-state index in [0.29, 0.717) is 17.2 Å². The van der Waals surface area contributed by atoms with Crippen LogP contribution >= 0.6 is 0 Å². The van der Waals surface area contributed by atoms with Crippen LogP contribution in [0.2, 0.25) is 0 Å².